The van der Waals surface area contributed by atoms with Crippen LogP contribution < -0.4 is 5.56 Å². The summed E-state index contributed by atoms with van der Waals surface area (Å²) in [5.74, 6) is -0.0235. The quantitative estimate of drug-likeness (QED) is 0.884. The lowest BCUT2D eigenvalue weighted by molar-refractivity contribution is -0.128. The van der Waals surface area contributed by atoms with Crippen molar-refractivity contribution in [2.24, 2.45) is 0 Å². The normalized spacial score (nSPS) is 11.0. The number of carbonyl (C=O) groups excluding carboxylic acids is 1. The van der Waals surface area contributed by atoms with Crippen molar-refractivity contribution in [1.82, 2.24) is 14.5 Å². The zero-order valence-electron chi connectivity index (χ0n) is 11.9. The first-order chi connectivity index (χ1) is 9.32. The molecule has 2 aromatic rings. The molecular weight excluding hydrogens is 294 g/mol. The summed E-state index contributed by atoms with van der Waals surface area (Å²) < 4.78 is 1.84. The van der Waals surface area contributed by atoms with Gasteiger partial charge in [-0.15, -0.1) is 11.3 Å². The van der Waals surface area contributed by atoms with Crippen molar-refractivity contribution in [3.8, 4) is 0 Å². The molecule has 0 aromatic carbocycles. The lowest BCUT2D eigenvalue weighted by Crippen LogP contribution is -2.27. The molecule has 2 heterocycles. The van der Waals surface area contributed by atoms with Crippen LogP contribution in [0.15, 0.2) is 4.79 Å². The number of thiophene rings is 1. The number of hydrogen-bond donors (Lipinski definition) is 1. The summed E-state index contributed by atoms with van der Waals surface area (Å²) in [6.07, 6.45) is 0.262. The minimum absolute atomic E-state index is 0.0235. The Morgan fingerprint density at radius 2 is 2.05 bits per heavy atom. The van der Waals surface area contributed by atoms with Crippen LogP contribution in [0.25, 0.3) is 10.2 Å². The molecule has 0 aliphatic rings. The van der Waals surface area contributed by atoms with Crippen molar-refractivity contribution in [2.75, 3.05) is 14.1 Å². The molecule has 1 amide bonds. The Bertz CT molecular complexity index is 783. The molecule has 0 spiro atoms. The van der Waals surface area contributed by atoms with Gasteiger partial charge in [0.1, 0.15) is 4.83 Å². The van der Waals surface area contributed by atoms with E-state index in [2.05, 4.69) is 4.98 Å². The van der Waals surface area contributed by atoms with Gasteiger partial charge in [0.2, 0.25) is 5.91 Å². The Hall–Kier alpha value is -1.47. The number of carbonyl (C=O) groups is 1. The highest BCUT2D eigenvalue weighted by Crippen LogP contribution is 2.25. The first kappa shape index (κ1) is 14.9. The molecule has 0 bridgehead atoms. The van der Waals surface area contributed by atoms with Crippen LogP contribution in [0.4, 0.5) is 0 Å². The van der Waals surface area contributed by atoms with Crippen molar-refractivity contribution in [1.29, 1.82) is 0 Å². The number of nitrogens with one attached hydrogen (secondary N) is 1. The predicted octanol–water partition coefficient (Wildman–Crippen LogP) is 2.22. The van der Waals surface area contributed by atoms with Crippen molar-refractivity contribution in [2.45, 2.75) is 26.8 Å². The number of amides is 1. The third kappa shape index (κ3) is 2.55. The van der Waals surface area contributed by atoms with Gasteiger partial charge in [-0.25, -0.2) is 0 Å². The van der Waals surface area contributed by atoms with E-state index in [0.29, 0.717) is 16.7 Å². The molecule has 0 atom stereocenters. The van der Waals surface area contributed by atoms with E-state index in [1.165, 1.54) is 20.8 Å². The first-order valence-corrected chi connectivity index (χ1v) is 7.48. The van der Waals surface area contributed by atoms with Crippen molar-refractivity contribution < 1.29 is 4.79 Å². The molecule has 20 heavy (non-hydrogen) atoms. The maximum atomic E-state index is 12.5. The molecular formula is C13H17N3O2S2. The first-order valence-electron chi connectivity index (χ1n) is 6.26. The fraction of sp³-hybridized carbons (Fsp3) is 0.462. The van der Waals surface area contributed by atoms with E-state index in [0.717, 1.165) is 15.3 Å². The van der Waals surface area contributed by atoms with Crippen LogP contribution in [-0.4, -0.2) is 34.5 Å². The van der Waals surface area contributed by atoms with Gasteiger partial charge in [-0.05, 0) is 31.6 Å². The van der Waals surface area contributed by atoms with Gasteiger partial charge in [0.15, 0.2) is 4.77 Å². The Kier molecular flexibility index (Phi) is 4.10. The fourth-order valence-electron chi connectivity index (χ4n) is 2.00. The van der Waals surface area contributed by atoms with Gasteiger partial charge < -0.3 is 9.88 Å². The maximum absolute atomic E-state index is 12.5. The number of aromatic nitrogens is 2. The Balaban J connectivity index is 2.49. The number of nitrogens with zero attached hydrogens (tertiary/aromatic N) is 2. The van der Waals surface area contributed by atoms with Gasteiger partial charge in [0, 0.05) is 31.9 Å². The second-order valence-corrected chi connectivity index (χ2v) is 6.52. The molecule has 108 valence electrons. The topological polar surface area (TPSA) is 58.1 Å². The number of H-pyrrole nitrogens is 1. The summed E-state index contributed by atoms with van der Waals surface area (Å²) in [7, 11) is 3.39. The van der Waals surface area contributed by atoms with Crippen LogP contribution >= 0.6 is 23.6 Å². The van der Waals surface area contributed by atoms with E-state index >= 15 is 0 Å². The Morgan fingerprint density at radius 3 is 2.65 bits per heavy atom. The zero-order valence-corrected chi connectivity index (χ0v) is 13.6. The smallest absolute Gasteiger partial charge is 0.263 e. The summed E-state index contributed by atoms with van der Waals surface area (Å²) in [5, 5.41) is 0.679. The molecule has 5 nitrogen and oxygen atoms in total. The summed E-state index contributed by atoms with van der Waals surface area (Å²) in [6.45, 7) is 4.22. The van der Waals surface area contributed by atoms with Crippen LogP contribution in [-0.2, 0) is 11.3 Å². The van der Waals surface area contributed by atoms with E-state index in [4.69, 9.17) is 12.2 Å². The van der Waals surface area contributed by atoms with Crippen LogP contribution in [0.5, 0.6) is 0 Å². The minimum Gasteiger partial charge on any atom is -0.349 e. The van der Waals surface area contributed by atoms with E-state index in [9.17, 15) is 9.59 Å². The largest absolute Gasteiger partial charge is 0.349 e. The Labute approximate surface area is 125 Å². The Morgan fingerprint density at radius 1 is 1.40 bits per heavy atom. The predicted molar refractivity (Wildman–Crippen MR) is 84.1 cm³/mol. The van der Waals surface area contributed by atoms with Gasteiger partial charge in [-0.2, -0.15) is 0 Å². The van der Waals surface area contributed by atoms with Crippen molar-refractivity contribution in [3.63, 3.8) is 0 Å². The van der Waals surface area contributed by atoms with Crippen LogP contribution in [0.3, 0.4) is 0 Å². The molecule has 0 fully saturated rings. The monoisotopic (exact) mass is 311 g/mol. The molecule has 1 N–H and O–H groups in total. The number of rotatable bonds is 3. The molecule has 0 unspecified atom stereocenters. The average Bonchev–Trinajstić information content (AvgIpc) is 2.64. The highest BCUT2D eigenvalue weighted by atomic mass is 32.1. The van der Waals surface area contributed by atoms with Crippen molar-refractivity contribution in [3.05, 3.63) is 25.6 Å². The lowest BCUT2D eigenvalue weighted by Gasteiger charge is -2.11. The van der Waals surface area contributed by atoms with E-state index in [1.54, 1.807) is 14.1 Å². The van der Waals surface area contributed by atoms with E-state index < -0.39 is 0 Å². The minimum atomic E-state index is -0.114. The summed E-state index contributed by atoms with van der Waals surface area (Å²) in [4.78, 5) is 30.7. The standard InChI is InChI=1S/C13H17N3O2S2/c1-7-8(2)20-11-10(7)12(18)16(13(19)14-11)6-5-9(17)15(3)4/h5-6H2,1-4H3,(H,14,19). The number of hydrogen-bond acceptors (Lipinski definition) is 4. The SMILES string of the molecule is Cc1sc2[nH]c(=S)n(CCC(=O)N(C)C)c(=O)c2c1C. The molecule has 0 aliphatic heterocycles. The second-order valence-electron chi connectivity index (χ2n) is 4.91. The van der Waals surface area contributed by atoms with E-state index in [-0.39, 0.29) is 17.9 Å². The van der Waals surface area contributed by atoms with Gasteiger partial charge >= 0.3 is 0 Å². The van der Waals surface area contributed by atoms with Crippen molar-refractivity contribution >= 4 is 39.7 Å². The molecule has 0 saturated heterocycles. The lowest BCUT2D eigenvalue weighted by atomic mass is 10.2. The van der Waals surface area contributed by atoms with Crippen LogP contribution in [0.2, 0.25) is 0 Å². The summed E-state index contributed by atoms with van der Waals surface area (Å²) in [6, 6.07) is 0. The van der Waals surface area contributed by atoms with Gasteiger partial charge in [0.05, 0.1) is 5.39 Å². The molecule has 7 heteroatoms. The van der Waals surface area contributed by atoms with Gasteiger partial charge in [-0.3, -0.25) is 14.2 Å². The van der Waals surface area contributed by atoms with Gasteiger partial charge in [0.25, 0.3) is 5.56 Å². The number of aromatic amines is 1. The molecule has 0 aliphatic carbocycles. The third-order valence-electron chi connectivity index (χ3n) is 3.36. The summed E-state index contributed by atoms with van der Waals surface area (Å²) in [5.41, 5.74) is 0.867. The van der Waals surface area contributed by atoms with Gasteiger partial charge in [-0.1, -0.05) is 0 Å². The highest BCUT2D eigenvalue weighted by Gasteiger charge is 2.13. The second kappa shape index (κ2) is 5.49. The maximum Gasteiger partial charge on any atom is 0.263 e. The van der Waals surface area contributed by atoms with E-state index in [1.807, 2.05) is 13.8 Å². The number of fused-ring (bicyclic) bond motifs is 1. The van der Waals surface area contributed by atoms with Crippen LogP contribution in [0.1, 0.15) is 16.9 Å². The van der Waals surface area contributed by atoms with Crippen LogP contribution in [0, 0.1) is 18.6 Å². The highest BCUT2D eigenvalue weighted by molar-refractivity contribution is 7.71. The molecule has 2 aromatic heterocycles. The molecule has 0 radical (unpaired) electrons. The average molecular weight is 311 g/mol. The zero-order chi connectivity index (χ0) is 15.0. The molecule has 0 saturated carbocycles. The molecule has 2 rings (SSSR count). The third-order valence-corrected chi connectivity index (χ3v) is 4.80. The number of aryl methyl sites for hydroxylation is 2. The fourth-order valence-corrected chi connectivity index (χ4v) is 3.39. The summed E-state index contributed by atoms with van der Waals surface area (Å²) >= 11 is 6.76.